The van der Waals surface area contributed by atoms with E-state index in [4.69, 9.17) is 5.73 Å². The van der Waals surface area contributed by atoms with Gasteiger partial charge in [0.1, 0.15) is 0 Å². The van der Waals surface area contributed by atoms with Crippen LogP contribution >= 0.6 is 15.9 Å². The van der Waals surface area contributed by atoms with Crippen molar-refractivity contribution < 1.29 is 0 Å². The van der Waals surface area contributed by atoms with E-state index < -0.39 is 0 Å². The molecule has 2 N–H and O–H groups in total. The molecule has 3 aromatic rings. The number of halogens is 1. The Hall–Kier alpha value is -1.74. The van der Waals surface area contributed by atoms with Crippen molar-refractivity contribution in [2.75, 3.05) is 5.73 Å². The maximum atomic E-state index is 6.06. The number of anilines is 1. The molecule has 0 aliphatic carbocycles. The van der Waals surface area contributed by atoms with Crippen LogP contribution in [0.2, 0.25) is 0 Å². The molecular formula is C16H15BrN2. The number of nitrogens with two attached hydrogens (primary N) is 1. The van der Waals surface area contributed by atoms with Gasteiger partial charge < -0.3 is 10.3 Å². The molecular weight excluding hydrogens is 300 g/mol. The summed E-state index contributed by atoms with van der Waals surface area (Å²) in [6.07, 6.45) is 2.12. The number of fused-ring (bicyclic) bond motifs is 1. The van der Waals surface area contributed by atoms with E-state index in [-0.39, 0.29) is 0 Å². The lowest BCUT2D eigenvalue weighted by molar-refractivity contribution is 0.839. The maximum absolute atomic E-state index is 6.06. The largest absolute Gasteiger partial charge is 0.398 e. The maximum Gasteiger partial charge on any atom is 0.0496 e. The van der Waals surface area contributed by atoms with Crippen molar-refractivity contribution in [3.05, 3.63) is 64.3 Å². The Morgan fingerprint density at radius 3 is 2.74 bits per heavy atom. The Balaban J connectivity index is 2.01. The van der Waals surface area contributed by atoms with Gasteiger partial charge in [-0.25, -0.2) is 0 Å². The highest BCUT2D eigenvalue weighted by molar-refractivity contribution is 9.10. The molecule has 0 aliphatic rings. The second-order valence-electron chi connectivity index (χ2n) is 4.85. The van der Waals surface area contributed by atoms with Crippen LogP contribution in [0.25, 0.3) is 10.9 Å². The van der Waals surface area contributed by atoms with Crippen LogP contribution in [0.5, 0.6) is 0 Å². The first-order chi connectivity index (χ1) is 9.13. The molecule has 0 unspecified atom stereocenters. The summed E-state index contributed by atoms with van der Waals surface area (Å²) in [6, 6.07) is 14.7. The molecule has 1 heterocycles. The second kappa shape index (κ2) is 4.74. The number of hydrogen-bond acceptors (Lipinski definition) is 1. The highest BCUT2D eigenvalue weighted by Gasteiger charge is 2.04. The van der Waals surface area contributed by atoms with E-state index >= 15 is 0 Å². The fraction of sp³-hybridized carbons (Fsp3) is 0.125. The first kappa shape index (κ1) is 12.3. The van der Waals surface area contributed by atoms with Gasteiger partial charge in [0.05, 0.1) is 0 Å². The molecule has 3 heteroatoms. The third-order valence-corrected chi connectivity index (χ3v) is 3.87. The minimum Gasteiger partial charge on any atom is -0.398 e. The van der Waals surface area contributed by atoms with Gasteiger partial charge in [-0.15, -0.1) is 0 Å². The third kappa shape index (κ3) is 2.38. The van der Waals surface area contributed by atoms with Gasteiger partial charge in [-0.1, -0.05) is 33.6 Å². The Kier molecular flexibility index (Phi) is 3.07. The standard InChI is InChI=1S/C16H15BrN2/c1-11-2-5-16-12(8-11)6-7-19(16)10-13-3-4-14(17)9-15(13)18/h2-9H,10,18H2,1H3. The molecule has 96 valence electrons. The summed E-state index contributed by atoms with van der Waals surface area (Å²) in [5.41, 5.74) is 10.6. The SMILES string of the molecule is Cc1ccc2c(ccn2Cc2ccc(Br)cc2N)c1. The zero-order valence-electron chi connectivity index (χ0n) is 10.7. The smallest absolute Gasteiger partial charge is 0.0496 e. The molecule has 0 bridgehead atoms. The van der Waals surface area contributed by atoms with Crippen molar-refractivity contribution in [3.63, 3.8) is 0 Å². The third-order valence-electron chi connectivity index (χ3n) is 3.38. The van der Waals surface area contributed by atoms with Crippen molar-refractivity contribution in [1.29, 1.82) is 0 Å². The summed E-state index contributed by atoms with van der Waals surface area (Å²) in [4.78, 5) is 0. The molecule has 0 fully saturated rings. The molecule has 0 aliphatic heterocycles. The predicted octanol–water partition coefficient (Wildman–Crippen LogP) is 4.34. The molecule has 0 spiro atoms. The van der Waals surface area contributed by atoms with E-state index in [2.05, 4.69) is 63.9 Å². The van der Waals surface area contributed by atoms with E-state index in [1.165, 1.54) is 16.5 Å². The van der Waals surface area contributed by atoms with Crippen LogP contribution in [0.15, 0.2) is 53.1 Å². The molecule has 1 aromatic heterocycles. The predicted molar refractivity (Wildman–Crippen MR) is 84.3 cm³/mol. The summed E-state index contributed by atoms with van der Waals surface area (Å²) in [6.45, 7) is 2.91. The van der Waals surface area contributed by atoms with Crippen LogP contribution in [-0.2, 0) is 6.54 Å². The quantitative estimate of drug-likeness (QED) is 0.701. The summed E-state index contributed by atoms with van der Waals surface area (Å²) in [5, 5.41) is 1.27. The van der Waals surface area contributed by atoms with Crippen LogP contribution in [0.3, 0.4) is 0 Å². The number of aromatic nitrogens is 1. The topological polar surface area (TPSA) is 30.9 Å². The minimum atomic E-state index is 0.797. The van der Waals surface area contributed by atoms with E-state index in [9.17, 15) is 0 Å². The van der Waals surface area contributed by atoms with Crippen LogP contribution in [-0.4, -0.2) is 4.57 Å². The van der Waals surface area contributed by atoms with E-state index in [1.54, 1.807) is 0 Å². The van der Waals surface area contributed by atoms with Crippen LogP contribution < -0.4 is 5.73 Å². The number of benzene rings is 2. The minimum absolute atomic E-state index is 0.797. The zero-order valence-corrected chi connectivity index (χ0v) is 12.3. The van der Waals surface area contributed by atoms with Crippen LogP contribution in [0, 0.1) is 6.92 Å². The van der Waals surface area contributed by atoms with Crippen LogP contribution in [0.4, 0.5) is 5.69 Å². The van der Waals surface area contributed by atoms with Crippen molar-refractivity contribution in [3.8, 4) is 0 Å². The molecule has 2 aromatic carbocycles. The average Bonchev–Trinajstić information content (AvgIpc) is 2.75. The molecule has 2 nitrogen and oxygen atoms in total. The Morgan fingerprint density at radius 2 is 1.95 bits per heavy atom. The van der Waals surface area contributed by atoms with Crippen molar-refractivity contribution in [1.82, 2.24) is 4.57 Å². The Morgan fingerprint density at radius 1 is 1.11 bits per heavy atom. The monoisotopic (exact) mass is 314 g/mol. The van der Waals surface area contributed by atoms with Gasteiger partial charge >= 0.3 is 0 Å². The molecule has 0 atom stereocenters. The average molecular weight is 315 g/mol. The van der Waals surface area contributed by atoms with Gasteiger partial charge in [-0.05, 0) is 48.2 Å². The number of rotatable bonds is 2. The fourth-order valence-electron chi connectivity index (χ4n) is 2.35. The normalized spacial score (nSPS) is 11.1. The van der Waals surface area contributed by atoms with Gasteiger partial charge in [0.2, 0.25) is 0 Å². The van der Waals surface area contributed by atoms with Crippen molar-refractivity contribution >= 4 is 32.5 Å². The fourth-order valence-corrected chi connectivity index (χ4v) is 2.73. The summed E-state index contributed by atoms with van der Waals surface area (Å²) >= 11 is 3.44. The van der Waals surface area contributed by atoms with Gasteiger partial charge in [0.25, 0.3) is 0 Å². The molecule has 0 amide bonds. The molecule has 3 rings (SSSR count). The summed E-state index contributed by atoms with van der Waals surface area (Å²) < 4.78 is 3.25. The number of hydrogen-bond donors (Lipinski definition) is 1. The lowest BCUT2D eigenvalue weighted by Crippen LogP contribution is -2.01. The molecule has 0 saturated heterocycles. The van der Waals surface area contributed by atoms with E-state index in [0.717, 1.165) is 22.3 Å². The number of nitrogens with zero attached hydrogens (tertiary/aromatic N) is 1. The van der Waals surface area contributed by atoms with Gasteiger partial charge in [0, 0.05) is 28.4 Å². The highest BCUT2D eigenvalue weighted by atomic mass is 79.9. The highest BCUT2D eigenvalue weighted by Crippen LogP contribution is 2.23. The van der Waals surface area contributed by atoms with Crippen molar-refractivity contribution in [2.45, 2.75) is 13.5 Å². The first-order valence-electron chi connectivity index (χ1n) is 6.23. The zero-order chi connectivity index (χ0) is 13.4. The van der Waals surface area contributed by atoms with Crippen molar-refractivity contribution in [2.24, 2.45) is 0 Å². The van der Waals surface area contributed by atoms with Gasteiger partial charge in [0.15, 0.2) is 0 Å². The summed E-state index contributed by atoms with van der Waals surface area (Å²) in [5.74, 6) is 0. The number of aryl methyl sites for hydroxylation is 1. The Bertz CT molecular complexity index is 744. The lowest BCUT2D eigenvalue weighted by atomic mass is 10.1. The van der Waals surface area contributed by atoms with E-state index in [0.29, 0.717) is 0 Å². The van der Waals surface area contributed by atoms with Crippen LogP contribution in [0.1, 0.15) is 11.1 Å². The Labute approximate surface area is 121 Å². The molecule has 0 saturated carbocycles. The van der Waals surface area contributed by atoms with Gasteiger partial charge in [-0.3, -0.25) is 0 Å². The molecule has 0 radical (unpaired) electrons. The van der Waals surface area contributed by atoms with E-state index in [1.807, 2.05) is 12.1 Å². The first-order valence-corrected chi connectivity index (χ1v) is 7.02. The number of nitrogen functional groups attached to an aromatic ring is 1. The lowest BCUT2D eigenvalue weighted by Gasteiger charge is -2.09. The summed E-state index contributed by atoms with van der Waals surface area (Å²) in [7, 11) is 0. The van der Waals surface area contributed by atoms with Gasteiger partial charge in [-0.2, -0.15) is 0 Å². The second-order valence-corrected chi connectivity index (χ2v) is 5.76. The molecule has 19 heavy (non-hydrogen) atoms.